The van der Waals surface area contributed by atoms with E-state index < -0.39 is 0 Å². The van der Waals surface area contributed by atoms with E-state index in [4.69, 9.17) is 0 Å². The molecule has 0 fully saturated rings. The summed E-state index contributed by atoms with van der Waals surface area (Å²) in [6.45, 7) is 2.21. The first-order valence-electron chi connectivity index (χ1n) is 5.54. The Bertz CT molecular complexity index is 434. The third kappa shape index (κ3) is 2.74. The molecular weight excluding hydrogens is 280 g/mol. The Morgan fingerprint density at radius 1 is 1.25 bits per heavy atom. The number of alkyl halides is 1. The monoisotopic (exact) mass is 294 g/mol. The van der Waals surface area contributed by atoms with Gasteiger partial charge in [-0.1, -0.05) is 47.1 Å². The van der Waals surface area contributed by atoms with Gasteiger partial charge in [-0.3, -0.25) is 0 Å². The zero-order valence-corrected chi connectivity index (χ0v) is 11.7. The highest BCUT2D eigenvalue weighted by atomic mass is 79.9. The van der Waals surface area contributed by atoms with Crippen LogP contribution in [0.15, 0.2) is 41.1 Å². The maximum atomic E-state index is 3.80. The van der Waals surface area contributed by atoms with Crippen LogP contribution in [0.5, 0.6) is 0 Å². The molecule has 16 heavy (non-hydrogen) atoms. The summed E-state index contributed by atoms with van der Waals surface area (Å²) in [4.78, 5) is 0.429. The first kappa shape index (κ1) is 11.9. The summed E-state index contributed by atoms with van der Waals surface area (Å²) in [6.07, 6.45) is 2.17. The average Bonchev–Trinajstić information content (AvgIpc) is 2.81. The van der Waals surface area contributed by atoms with Gasteiger partial charge >= 0.3 is 0 Å². The lowest BCUT2D eigenvalue weighted by molar-refractivity contribution is 0.925. The van der Waals surface area contributed by atoms with Gasteiger partial charge in [0.1, 0.15) is 0 Å². The number of benzene rings is 1. The van der Waals surface area contributed by atoms with Crippen LogP contribution in [0.3, 0.4) is 0 Å². The second-order valence-electron chi connectivity index (χ2n) is 3.86. The lowest BCUT2D eigenvalue weighted by Crippen LogP contribution is -1.98. The number of halogens is 1. The SMILES string of the molecule is CCc1ccccc1C(Br)Cc1ccsc1. The molecule has 0 bridgehead atoms. The maximum Gasteiger partial charge on any atom is 0.0438 e. The minimum atomic E-state index is 0.429. The number of hydrogen-bond donors (Lipinski definition) is 0. The van der Waals surface area contributed by atoms with Crippen LogP contribution in [0.4, 0.5) is 0 Å². The van der Waals surface area contributed by atoms with Crippen molar-refractivity contribution in [2.45, 2.75) is 24.6 Å². The third-order valence-corrected chi connectivity index (χ3v) is 4.32. The molecule has 1 aromatic carbocycles. The van der Waals surface area contributed by atoms with Gasteiger partial charge in [0.15, 0.2) is 0 Å². The molecule has 2 rings (SSSR count). The molecule has 1 aromatic heterocycles. The van der Waals surface area contributed by atoms with Crippen molar-refractivity contribution in [2.24, 2.45) is 0 Å². The van der Waals surface area contributed by atoms with E-state index in [1.165, 1.54) is 16.7 Å². The summed E-state index contributed by atoms with van der Waals surface area (Å²) in [7, 11) is 0. The Balaban J connectivity index is 2.17. The molecule has 0 aliphatic carbocycles. The zero-order valence-electron chi connectivity index (χ0n) is 9.32. The van der Waals surface area contributed by atoms with E-state index in [0.29, 0.717) is 4.83 Å². The summed E-state index contributed by atoms with van der Waals surface area (Å²) < 4.78 is 0. The van der Waals surface area contributed by atoms with Crippen molar-refractivity contribution in [1.29, 1.82) is 0 Å². The Morgan fingerprint density at radius 3 is 2.75 bits per heavy atom. The van der Waals surface area contributed by atoms with Gasteiger partial charge in [0.05, 0.1) is 0 Å². The maximum absolute atomic E-state index is 3.80. The molecule has 0 saturated heterocycles. The molecule has 84 valence electrons. The van der Waals surface area contributed by atoms with E-state index in [1.807, 2.05) is 0 Å². The van der Waals surface area contributed by atoms with Gasteiger partial charge in [-0.15, -0.1) is 0 Å². The number of aryl methyl sites for hydroxylation is 1. The lowest BCUT2D eigenvalue weighted by atomic mass is 9.99. The van der Waals surface area contributed by atoms with Crippen LogP contribution in [0.25, 0.3) is 0 Å². The predicted molar refractivity (Wildman–Crippen MR) is 75.5 cm³/mol. The molecule has 2 aromatic rings. The molecule has 1 unspecified atom stereocenters. The Hall–Kier alpha value is -0.600. The third-order valence-electron chi connectivity index (χ3n) is 2.77. The topological polar surface area (TPSA) is 0 Å². The minimum Gasteiger partial charge on any atom is -0.152 e. The van der Waals surface area contributed by atoms with Crippen LogP contribution in [0.2, 0.25) is 0 Å². The minimum absolute atomic E-state index is 0.429. The molecule has 0 radical (unpaired) electrons. The fourth-order valence-corrected chi connectivity index (χ4v) is 3.39. The molecule has 0 aliphatic rings. The van der Waals surface area contributed by atoms with Crippen molar-refractivity contribution in [3.8, 4) is 0 Å². The van der Waals surface area contributed by atoms with Crippen molar-refractivity contribution < 1.29 is 0 Å². The Morgan fingerprint density at radius 2 is 2.06 bits per heavy atom. The van der Waals surface area contributed by atoms with Crippen molar-refractivity contribution in [2.75, 3.05) is 0 Å². The van der Waals surface area contributed by atoms with E-state index in [9.17, 15) is 0 Å². The molecule has 0 spiro atoms. The van der Waals surface area contributed by atoms with Crippen molar-refractivity contribution in [3.63, 3.8) is 0 Å². The lowest BCUT2D eigenvalue weighted by Gasteiger charge is -2.13. The summed E-state index contributed by atoms with van der Waals surface area (Å²) in [6, 6.07) is 10.9. The second kappa shape index (κ2) is 5.65. The largest absolute Gasteiger partial charge is 0.152 e. The van der Waals surface area contributed by atoms with E-state index in [-0.39, 0.29) is 0 Å². The number of rotatable bonds is 4. The number of thiophene rings is 1. The molecular formula is C14H15BrS. The highest BCUT2D eigenvalue weighted by Crippen LogP contribution is 2.30. The molecule has 1 atom stereocenters. The Kier molecular flexibility index (Phi) is 4.19. The van der Waals surface area contributed by atoms with Crippen LogP contribution >= 0.6 is 27.3 Å². The van der Waals surface area contributed by atoms with Crippen molar-refractivity contribution in [1.82, 2.24) is 0 Å². The quantitative estimate of drug-likeness (QED) is 0.697. The highest BCUT2D eigenvalue weighted by Gasteiger charge is 2.11. The van der Waals surface area contributed by atoms with E-state index >= 15 is 0 Å². The van der Waals surface area contributed by atoms with Crippen LogP contribution in [0.1, 0.15) is 28.4 Å². The molecule has 1 heterocycles. The van der Waals surface area contributed by atoms with Gasteiger partial charge in [-0.05, 0) is 46.4 Å². The number of hydrogen-bond acceptors (Lipinski definition) is 1. The van der Waals surface area contributed by atoms with E-state index in [1.54, 1.807) is 11.3 Å². The molecule has 0 aliphatic heterocycles. The van der Waals surface area contributed by atoms with Gasteiger partial charge in [0.2, 0.25) is 0 Å². The normalized spacial score (nSPS) is 12.6. The van der Waals surface area contributed by atoms with Crippen LogP contribution in [-0.2, 0) is 12.8 Å². The van der Waals surface area contributed by atoms with Gasteiger partial charge in [-0.25, -0.2) is 0 Å². The summed E-state index contributed by atoms with van der Waals surface area (Å²) >= 11 is 5.57. The van der Waals surface area contributed by atoms with Gasteiger partial charge in [-0.2, -0.15) is 11.3 Å². The molecule has 0 saturated carbocycles. The standard InChI is InChI=1S/C14H15BrS/c1-2-12-5-3-4-6-13(12)14(15)9-11-7-8-16-10-11/h3-8,10,14H,2,9H2,1H3. The van der Waals surface area contributed by atoms with Crippen molar-refractivity contribution >= 4 is 27.3 Å². The fourth-order valence-electron chi connectivity index (χ4n) is 1.89. The van der Waals surface area contributed by atoms with Gasteiger partial charge < -0.3 is 0 Å². The van der Waals surface area contributed by atoms with E-state index in [0.717, 1.165) is 12.8 Å². The highest BCUT2D eigenvalue weighted by molar-refractivity contribution is 9.09. The van der Waals surface area contributed by atoms with Crippen LogP contribution in [0, 0.1) is 0 Å². The van der Waals surface area contributed by atoms with E-state index in [2.05, 4.69) is 63.9 Å². The molecule has 0 N–H and O–H groups in total. The van der Waals surface area contributed by atoms with Crippen molar-refractivity contribution in [3.05, 3.63) is 57.8 Å². The second-order valence-corrected chi connectivity index (χ2v) is 5.74. The molecule has 0 amide bonds. The summed E-state index contributed by atoms with van der Waals surface area (Å²) in [5.41, 5.74) is 4.29. The fraction of sp³-hybridized carbons (Fsp3) is 0.286. The predicted octanol–water partition coefficient (Wildman–Crippen LogP) is 4.99. The Labute approximate surface area is 109 Å². The first-order chi connectivity index (χ1) is 7.81. The first-order valence-corrected chi connectivity index (χ1v) is 7.40. The summed E-state index contributed by atoms with van der Waals surface area (Å²) in [5, 5.41) is 4.36. The van der Waals surface area contributed by atoms with Gasteiger partial charge in [0.25, 0.3) is 0 Å². The molecule has 0 nitrogen and oxygen atoms in total. The molecule has 2 heteroatoms. The summed E-state index contributed by atoms with van der Waals surface area (Å²) in [5.74, 6) is 0. The van der Waals surface area contributed by atoms with Crippen LogP contribution in [-0.4, -0.2) is 0 Å². The van der Waals surface area contributed by atoms with Crippen LogP contribution < -0.4 is 0 Å². The smallest absolute Gasteiger partial charge is 0.0438 e. The average molecular weight is 295 g/mol. The zero-order chi connectivity index (χ0) is 11.4. The van der Waals surface area contributed by atoms with Gasteiger partial charge in [0, 0.05) is 4.83 Å².